The molecule has 0 aliphatic rings. The number of hydrogen-bond donors (Lipinski definition) is 5. The summed E-state index contributed by atoms with van der Waals surface area (Å²) in [6, 6.07) is 20.5. The maximum atomic E-state index is 13.7. The Morgan fingerprint density at radius 2 is 1.56 bits per heavy atom. The monoisotopic (exact) mass is 636 g/mol. The maximum Gasteiger partial charge on any atom is 0.252 e. The van der Waals surface area contributed by atoms with Crippen LogP contribution in [0.2, 0.25) is 0 Å². The van der Waals surface area contributed by atoms with E-state index in [2.05, 4.69) is 16.0 Å². The molecular weight excluding hydrogens is 598 g/mol. The van der Waals surface area contributed by atoms with Gasteiger partial charge in [-0.3, -0.25) is 23.7 Å². The molecule has 3 aromatic rings. The van der Waals surface area contributed by atoms with Gasteiger partial charge in [-0.25, -0.2) is 4.39 Å². The second-order valence-electron chi connectivity index (χ2n) is 10.9. The van der Waals surface area contributed by atoms with Gasteiger partial charge in [0, 0.05) is 12.0 Å². The highest BCUT2D eigenvalue weighted by Gasteiger charge is 2.37. The molecule has 10 nitrogen and oxygen atoms in total. The van der Waals surface area contributed by atoms with Crippen molar-refractivity contribution in [3.63, 3.8) is 0 Å². The van der Waals surface area contributed by atoms with E-state index in [1.54, 1.807) is 56.3 Å². The number of benzene rings is 3. The first-order chi connectivity index (χ1) is 21.4. The van der Waals surface area contributed by atoms with Gasteiger partial charge in [-0.2, -0.15) is 0 Å². The van der Waals surface area contributed by atoms with E-state index in [4.69, 9.17) is 5.73 Å². The van der Waals surface area contributed by atoms with E-state index in [-0.39, 0.29) is 18.4 Å². The third kappa shape index (κ3) is 11.1. The standard InChI is InChI=1S/C33H38FN4O6P/c1-22(2)30(33(42)36-27(31(35)40)18-9-15-23-11-5-3-6-12-23)37-28(39)21-45(43,44)29(19-24-13-7-4-8-14-24)38-32(41)25-16-10-17-26(34)20-25/h3-17,20,22,27,29-30H,18-19,21H2,1-2H3,(H2,35,40)(H,36,42)(H,37,39)(H,38,41)(H,43,44)/t27-,29?,30?/m0/s1. The van der Waals surface area contributed by atoms with Crippen molar-refractivity contribution in [2.75, 3.05) is 6.16 Å². The first-order valence-corrected chi connectivity index (χ1v) is 16.3. The van der Waals surface area contributed by atoms with Crippen LogP contribution in [-0.2, 0) is 25.4 Å². The number of carbonyl (C=O) groups excluding carboxylic acids is 4. The summed E-state index contributed by atoms with van der Waals surface area (Å²) in [5.74, 6) is -5.68. The average Bonchev–Trinajstić information content (AvgIpc) is 2.99. The molecule has 0 radical (unpaired) electrons. The van der Waals surface area contributed by atoms with E-state index in [1.165, 1.54) is 12.1 Å². The van der Waals surface area contributed by atoms with Crippen molar-refractivity contribution in [2.45, 2.75) is 44.6 Å². The van der Waals surface area contributed by atoms with E-state index >= 15 is 0 Å². The lowest BCUT2D eigenvalue weighted by Gasteiger charge is -2.27. The van der Waals surface area contributed by atoms with Gasteiger partial charge in [0.25, 0.3) is 5.91 Å². The van der Waals surface area contributed by atoms with Gasteiger partial charge >= 0.3 is 0 Å². The summed E-state index contributed by atoms with van der Waals surface area (Å²) in [5.41, 5.74) is 6.97. The molecule has 3 rings (SSSR count). The van der Waals surface area contributed by atoms with Crippen LogP contribution in [0.25, 0.3) is 6.08 Å². The van der Waals surface area contributed by atoms with Gasteiger partial charge in [-0.1, -0.05) is 92.7 Å². The maximum absolute atomic E-state index is 13.7. The Labute approximate surface area is 261 Å². The van der Waals surface area contributed by atoms with E-state index in [9.17, 15) is 33.0 Å². The number of primary amides is 1. The summed E-state index contributed by atoms with van der Waals surface area (Å²) in [7, 11) is -4.47. The van der Waals surface area contributed by atoms with Crippen molar-refractivity contribution in [2.24, 2.45) is 11.7 Å². The number of nitrogens with one attached hydrogen (secondary N) is 3. The number of hydrogen-bond acceptors (Lipinski definition) is 5. The fourth-order valence-electron chi connectivity index (χ4n) is 4.48. The molecule has 12 heteroatoms. The molecule has 4 amide bonds. The van der Waals surface area contributed by atoms with Gasteiger partial charge in [0.05, 0.1) is 0 Å². The lowest BCUT2D eigenvalue weighted by atomic mass is 10.0. The Balaban J connectivity index is 1.71. The smallest absolute Gasteiger partial charge is 0.252 e. The Morgan fingerprint density at radius 1 is 0.911 bits per heavy atom. The molecule has 4 atom stereocenters. The quantitative estimate of drug-likeness (QED) is 0.160. The second kappa shape index (κ2) is 16.5. The van der Waals surface area contributed by atoms with Crippen LogP contribution in [0.5, 0.6) is 0 Å². The summed E-state index contributed by atoms with van der Waals surface area (Å²) in [4.78, 5) is 62.3. The van der Waals surface area contributed by atoms with E-state index in [0.29, 0.717) is 5.56 Å². The summed E-state index contributed by atoms with van der Waals surface area (Å²) < 4.78 is 27.3. The van der Waals surface area contributed by atoms with Crippen LogP contribution < -0.4 is 21.7 Å². The normalized spacial score (nSPS) is 14.6. The topological polar surface area (TPSA) is 168 Å². The Hall–Kier alpha value is -4.60. The van der Waals surface area contributed by atoms with Crippen LogP contribution in [-0.4, -0.2) is 52.6 Å². The molecule has 0 aliphatic carbocycles. The van der Waals surface area contributed by atoms with E-state index in [1.807, 2.05) is 30.3 Å². The lowest BCUT2D eigenvalue weighted by Crippen LogP contribution is -2.55. The molecule has 45 heavy (non-hydrogen) atoms. The predicted octanol–water partition coefficient (Wildman–Crippen LogP) is 3.61. The molecule has 0 aromatic heterocycles. The van der Waals surface area contributed by atoms with Gasteiger partial charge in [0.2, 0.25) is 25.1 Å². The number of carbonyl (C=O) groups is 4. The Morgan fingerprint density at radius 3 is 2.16 bits per heavy atom. The highest BCUT2D eigenvalue weighted by molar-refractivity contribution is 7.59. The first-order valence-electron chi connectivity index (χ1n) is 14.4. The van der Waals surface area contributed by atoms with Crippen LogP contribution in [0.4, 0.5) is 4.39 Å². The van der Waals surface area contributed by atoms with Gasteiger partial charge < -0.3 is 26.6 Å². The predicted molar refractivity (Wildman–Crippen MR) is 170 cm³/mol. The van der Waals surface area contributed by atoms with Crippen molar-refractivity contribution in [1.82, 2.24) is 16.0 Å². The van der Waals surface area contributed by atoms with Crippen LogP contribution in [0.15, 0.2) is 91.0 Å². The SMILES string of the molecule is CC(C)C(NC(=O)CP(=O)(O)C(Cc1ccccc1)NC(=O)c1cccc(F)c1)C(=O)N[C@@H](CC=Cc1ccccc1)C(N)=O. The van der Waals surface area contributed by atoms with Crippen molar-refractivity contribution >= 4 is 37.1 Å². The molecule has 3 unspecified atom stereocenters. The Kier molecular flexibility index (Phi) is 12.8. The molecule has 0 bridgehead atoms. The lowest BCUT2D eigenvalue weighted by molar-refractivity contribution is -0.131. The molecule has 0 heterocycles. The minimum atomic E-state index is -4.47. The van der Waals surface area contributed by atoms with E-state index in [0.717, 1.165) is 17.7 Å². The average molecular weight is 637 g/mol. The summed E-state index contributed by atoms with van der Waals surface area (Å²) in [6.07, 6.45) is 2.58. The second-order valence-corrected chi connectivity index (χ2v) is 13.4. The van der Waals surface area contributed by atoms with E-state index < -0.39 is 66.8 Å². The molecule has 0 spiro atoms. The number of amides is 4. The summed E-state index contributed by atoms with van der Waals surface area (Å²) >= 11 is 0. The fourth-order valence-corrected chi connectivity index (χ4v) is 6.02. The largest absolute Gasteiger partial charge is 0.368 e. The van der Waals surface area contributed by atoms with Gasteiger partial charge in [0.15, 0.2) is 0 Å². The van der Waals surface area contributed by atoms with Crippen LogP contribution in [0.1, 0.15) is 41.8 Å². The number of rotatable bonds is 15. The first kappa shape index (κ1) is 34.9. The number of halogens is 1. The van der Waals surface area contributed by atoms with Crippen LogP contribution in [0, 0.1) is 11.7 Å². The van der Waals surface area contributed by atoms with Gasteiger partial charge in [0.1, 0.15) is 29.8 Å². The molecule has 0 saturated carbocycles. The highest BCUT2D eigenvalue weighted by Crippen LogP contribution is 2.46. The van der Waals surface area contributed by atoms with Crippen molar-refractivity contribution in [3.8, 4) is 0 Å². The zero-order chi connectivity index (χ0) is 33.0. The van der Waals surface area contributed by atoms with Gasteiger partial charge in [-0.15, -0.1) is 0 Å². The third-order valence-electron chi connectivity index (χ3n) is 6.92. The van der Waals surface area contributed by atoms with Crippen molar-refractivity contribution in [1.29, 1.82) is 0 Å². The molecule has 0 aliphatic heterocycles. The van der Waals surface area contributed by atoms with Crippen molar-refractivity contribution < 1.29 is 33.0 Å². The molecule has 0 saturated heterocycles. The van der Waals surface area contributed by atoms with Crippen LogP contribution >= 0.6 is 7.37 Å². The minimum absolute atomic E-state index is 0.0586. The zero-order valence-electron chi connectivity index (χ0n) is 25.1. The zero-order valence-corrected chi connectivity index (χ0v) is 26.0. The van der Waals surface area contributed by atoms with Crippen molar-refractivity contribution in [3.05, 3.63) is 114 Å². The third-order valence-corrected chi connectivity index (χ3v) is 8.95. The number of nitrogens with two attached hydrogens (primary N) is 1. The molecule has 6 N–H and O–H groups in total. The molecule has 3 aromatic carbocycles. The molecular formula is C33H38FN4O6P. The highest BCUT2D eigenvalue weighted by atomic mass is 31.2. The molecule has 238 valence electrons. The summed E-state index contributed by atoms with van der Waals surface area (Å²) in [5, 5.41) is 7.54. The minimum Gasteiger partial charge on any atom is -0.368 e. The fraction of sp³-hybridized carbons (Fsp3) is 0.273. The Bertz CT molecular complexity index is 1550. The molecule has 0 fully saturated rings. The van der Waals surface area contributed by atoms with Gasteiger partial charge in [-0.05, 0) is 41.7 Å². The van der Waals surface area contributed by atoms with Crippen LogP contribution in [0.3, 0.4) is 0 Å². The summed E-state index contributed by atoms with van der Waals surface area (Å²) in [6.45, 7) is 3.32.